The Labute approximate surface area is 103 Å². The monoisotopic (exact) mass is 347 g/mol. The number of hydrogen-bond donors (Lipinski definition) is 0. The van der Waals surface area contributed by atoms with E-state index in [0.717, 1.165) is 13.2 Å². The Morgan fingerprint density at radius 1 is 1.67 bits per heavy atom. The molecule has 1 rings (SSSR count). The fraction of sp³-hybridized carbons (Fsp3) is 0.250. The first-order valence-electron chi connectivity index (χ1n) is 3.69. The Kier molecular flexibility index (Phi) is 4.21. The third-order valence-electron chi connectivity index (χ3n) is 1.60. The number of hydrogen-bond acceptors (Lipinski definition) is 3. The van der Waals surface area contributed by atoms with Crippen molar-refractivity contribution in [3.05, 3.63) is 26.0 Å². The largest absolute Gasteiger partial charge is 0.465 e. The molecule has 82 valence electrons. The summed E-state index contributed by atoms with van der Waals surface area (Å²) < 4.78 is 29.4. The summed E-state index contributed by atoms with van der Waals surface area (Å²) in [6.07, 6.45) is -2.70. The SMILES string of the molecule is COC(=O)c1cc(C(F)F)c(I)nc1Cl. The summed E-state index contributed by atoms with van der Waals surface area (Å²) in [7, 11) is 1.14. The fourth-order valence-corrected chi connectivity index (χ4v) is 1.88. The van der Waals surface area contributed by atoms with Gasteiger partial charge in [0.25, 0.3) is 6.43 Å². The van der Waals surface area contributed by atoms with Crippen LogP contribution < -0.4 is 0 Å². The molecule has 0 aliphatic carbocycles. The van der Waals surface area contributed by atoms with Crippen LogP contribution in [0.4, 0.5) is 8.78 Å². The van der Waals surface area contributed by atoms with Crippen molar-refractivity contribution >= 4 is 40.2 Å². The normalized spacial score (nSPS) is 10.5. The molecule has 0 amide bonds. The minimum atomic E-state index is -2.70. The molecule has 0 saturated heterocycles. The van der Waals surface area contributed by atoms with Crippen molar-refractivity contribution in [1.29, 1.82) is 0 Å². The van der Waals surface area contributed by atoms with Crippen molar-refractivity contribution in [2.45, 2.75) is 6.43 Å². The van der Waals surface area contributed by atoms with Crippen LogP contribution in [0.5, 0.6) is 0 Å². The van der Waals surface area contributed by atoms with Crippen LogP contribution in [0.2, 0.25) is 5.15 Å². The maximum absolute atomic E-state index is 12.5. The van der Waals surface area contributed by atoms with Gasteiger partial charge in [0.05, 0.1) is 18.2 Å². The standard InChI is InChI=1S/C8H5ClF2INO2/c1-15-8(14)3-2-4(6(10)11)7(12)13-5(3)9/h2,6H,1H3. The Bertz CT molecular complexity index is 400. The lowest BCUT2D eigenvalue weighted by Gasteiger charge is -2.06. The van der Waals surface area contributed by atoms with Gasteiger partial charge in [-0.2, -0.15) is 0 Å². The maximum Gasteiger partial charge on any atom is 0.341 e. The van der Waals surface area contributed by atoms with Crippen molar-refractivity contribution in [2.75, 3.05) is 7.11 Å². The van der Waals surface area contributed by atoms with Crippen LogP contribution in [-0.4, -0.2) is 18.1 Å². The van der Waals surface area contributed by atoms with Crippen LogP contribution in [0.1, 0.15) is 22.3 Å². The second-order valence-corrected chi connectivity index (χ2v) is 3.88. The summed E-state index contributed by atoms with van der Waals surface area (Å²) in [5.41, 5.74) is -0.490. The van der Waals surface area contributed by atoms with Gasteiger partial charge in [0.15, 0.2) is 0 Å². The number of pyridine rings is 1. The zero-order valence-corrected chi connectivity index (χ0v) is 10.3. The van der Waals surface area contributed by atoms with E-state index in [4.69, 9.17) is 11.6 Å². The highest BCUT2D eigenvalue weighted by atomic mass is 127. The predicted octanol–water partition coefficient (Wildman–Crippen LogP) is 3.06. The first-order valence-corrected chi connectivity index (χ1v) is 5.15. The Balaban J connectivity index is 3.29. The molecule has 15 heavy (non-hydrogen) atoms. The Morgan fingerprint density at radius 3 is 2.73 bits per heavy atom. The molecular formula is C8H5ClF2INO2. The first kappa shape index (κ1) is 12.6. The molecule has 3 nitrogen and oxygen atoms in total. The molecular weight excluding hydrogens is 342 g/mol. The lowest BCUT2D eigenvalue weighted by Crippen LogP contribution is -2.06. The van der Waals surface area contributed by atoms with Crippen LogP contribution >= 0.6 is 34.2 Å². The molecule has 1 aromatic rings. The third kappa shape index (κ3) is 2.75. The van der Waals surface area contributed by atoms with Gasteiger partial charge in [-0.15, -0.1) is 0 Å². The lowest BCUT2D eigenvalue weighted by atomic mass is 10.2. The van der Waals surface area contributed by atoms with Crippen molar-refractivity contribution in [3.63, 3.8) is 0 Å². The predicted molar refractivity (Wildman–Crippen MR) is 58.3 cm³/mol. The van der Waals surface area contributed by atoms with Crippen molar-refractivity contribution in [1.82, 2.24) is 4.98 Å². The maximum atomic E-state index is 12.5. The van der Waals surface area contributed by atoms with E-state index in [-0.39, 0.29) is 20.0 Å². The van der Waals surface area contributed by atoms with Crippen molar-refractivity contribution in [2.24, 2.45) is 0 Å². The van der Waals surface area contributed by atoms with Gasteiger partial charge in [0.2, 0.25) is 0 Å². The molecule has 0 aromatic carbocycles. The summed E-state index contributed by atoms with van der Waals surface area (Å²) in [6, 6.07) is 0.994. The molecule has 0 aliphatic heterocycles. The molecule has 0 unspecified atom stereocenters. The number of esters is 1. The number of carbonyl (C=O) groups is 1. The van der Waals surface area contributed by atoms with Gasteiger partial charge in [-0.1, -0.05) is 11.6 Å². The van der Waals surface area contributed by atoms with Gasteiger partial charge >= 0.3 is 5.97 Å². The molecule has 0 atom stereocenters. The summed E-state index contributed by atoms with van der Waals surface area (Å²) in [5.74, 6) is -0.786. The average Bonchev–Trinajstić information content (AvgIpc) is 2.16. The lowest BCUT2D eigenvalue weighted by molar-refractivity contribution is 0.0600. The number of halogens is 4. The number of methoxy groups -OCH3 is 1. The number of aromatic nitrogens is 1. The summed E-state index contributed by atoms with van der Waals surface area (Å²) >= 11 is 7.24. The van der Waals surface area contributed by atoms with E-state index in [1.54, 1.807) is 22.6 Å². The molecule has 1 aromatic heterocycles. The van der Waals surface area contributed by atoms with Gasteiger partial charge in [0, 0.05) is 0 Å². The molecule has 0 fully saturated rings. The fourth-order valence-electron chi connectivity index (χ4n) is 0.892. The van der Waals surface area contributed by atoms with Crippen molar-refractivity contribution < 1.29 is 18.3 Å². The topological polar surface area (TPSA) is 39.2 Å². The molecule has 0 N–H and O–H groups in total. The number of ether oxygens (including phenoxy) is 1. The van der Waals surface area contributed by atoms with Gasteiger partial charge in [-0.25, -0.2) is 18.6 Å². The highest BCUT2D eigenvalue weighted by Gasteiger charge is 2.20. The minimum absolute atomic E-state index is 0.0697. The van der Waals surface area contributed by atoms with Crippen LogP contribution in [0.15, 0.2) is 6.07 Å². The number of alkyl halides is 2. The molecule has 0 spiro atoms. The zero-order valence-electron chi connectivity index (χ0n) is 7.43. The Hall–Kier alpha value is -0.500. The van der Waals surface area contributed by atoms with E-state index in [1.165, 1.54) is 0 Å². The van der Waals surface area contributed by atoms with Crippen LogP contribution in [0.3, 0.4) is 0 Å². The van der Waals surface area contributed by atoms with Crippen LogP contribution in [0.25, 0.3) is 0 Å². The summed E-state index contributed by atoms with van der Waals surface area (Å²) in [4.78, 5) is 14.8. The van der Waals surface area contributed by atoms with E-state index >= 15 is 0 Å². The molecule has 0 radical (unpaired) electrons. The average molecular weight is 347 g/mol. The van der Waals surface area contributed by atoms with Crippen molar-refractivity contribution in [3.8, 4) is 0 Å². The van der Waals surface area contributed by atoms with E-state index in [9.17, 15) is 13.6 Å². The number of rotatable bonds is 2. The highest BCUT2D eigenvalue weighted by molar-refractivity contribution is 14.1. The minimum Gasteiger partial charge on any atom is -0.465 e. The van der Waals surface area contributed by atoms with Gasteiger partial charge in [-0.3, -0.25) is 0 Å². The second kappa shape index (κ2) is 5.02. The smallest absolute Gasteiger partial charge is 0.341 e. The highest BCUT2D eigenvalue weighted by Crippen LogP contribution is 2.27. The van der Waals surface area contributed by atoms with E-state index < -0.39 is 12.4 Å². The molecule has 1 heterocycles. The van der Waals surface area contributed by atoms with E-state index in [1.807, 2.05) is 0 Å². The molecule has 0 bridgehead atoms. The van der Waals surface area contributed by atoms with Gasteiger partial charge < -0.3 is 4.74 Å². The molecule has 0 aliphatic rings. The van der Waals surface area contributed by atoms with Crippen LogP contribution in [0, 0.1) is 3.70 Å². The Morgan fingerprint density at radius 2 is 2.27 bits per heavy atom. The first-order chi connectivity index (χ1) is 6.97. The quantitative estimate of drug-likeness (QED) is 0.469. The number of nitrogens with zero attached hydrogens (tertiary/aromatic N) is 1. The number of carbonyl (C=O) groups excluding carboxylic acids is 1. The van der Waals surface area contributed by atoms with E-state index in [2.05, 4.69) is 9.72 Å². The van der Waals surface area contributed by atoms with Crippen LogP contribution in [-0.2, 0) is 4.74 Å². The second-order valence-electron chi connectivity index (χ2n) is 2.50. The van der Waals surface area contributed by atoms with Gasteiger partial charge in [-0.05, 0) is 28.7 Å². The zero-order chi connectivity index (χ0) is 11.6. The molecule has 7 heteroatoms. The summed E-state index contributed by atoms with van der Waals surface area (Å²) in [6.45, 7) is 0. The van der Waals surface area contributed by atoms with E-state index in [0.29, 0.717) is 0 Å². The third-order valence-corrected chi connectivity index (χ3v) is 2.75. The summed E-state index contributed by atoms with van der Waals surface area (Å²) in [5, 5.41) is -0.143. The molecule has 0 saturated carbocycles. The van der Waals surface area contributed by atoms with Gasteiger partial charge in [0.1, 0.15) is 8.85 Å².